The molecule has 0 aliphatic rings. The third-order valence-corrected chi connectivity index (χ3v) is 2.00. The molecule has 0 spiro atoms. The Balaban J connectivity index is 2.23. The zero-order valence-electron chi connectivity index (χ0n) is 7.59. The summed E-state index contributed by atoms with van der Waals surface area (Å²) in [5, 5.41) is 7.55. The summed E-state index contributed by atoms with van der Waals surface area (Å²) >= 11 is 0. The quantitative estimate of drug-likeness (QED) is 0.659. The number of nitrogens with two attached hydrogens (primary N) is 2. The number of nitrogen functional groups attached to an aromatic ring is 2. The Morgan fingerprint density at radius 2 is 1.86 bits per heavy atom. The van der Waals surface area contributed by atoms with Crippen molar-refractivity contribution in [3.05, 3.63) is 41.7 Å². The van der Waals surface area contributed by atoms with E-state index in [9.17, 15) is 0 Å². The van der Waals surface area contributed by atoms with E-state index in [2.05, 4.69) is 10.2 Å². The van der Waals surface area contributed by atoms with Gasteiger partial charge < -0.3 is 11.6 Å². The standard InChI is InChI=1S/C9H11N5/c10-9-13-12-8(14(9)11)6-7-4-2-1-3-5-7/h1-5H,6,11H2,(H2,10,13). The number of hydrogen-bond acceptors (Lipinski definition) is 4. The predicted octanol–water partition coefficient (Wildman–Crippen LogP) is 0.165. The van der Waals surface area contributed by atoms with Gasteiger partial charge in [0.25, 0.3) is 0 Å². The summed E-state index contributed by atoms with van der Waals surface area (Å²) < 4.78 is 1.30. The molecule has 0 saturated carbocycles. The van der Waals surface area contributed by atoms with Crippen LogP contribution in [0.2, 0.25) is 0 Å². The maximum atomic E-state index is 5.62. The molecule has 0 aliphatic carbocycles. The van der Waals surface area contributed by atoms with Gasteiger partial charge in [0, 0.05) is 6.42 Å². The summed E-state index contributed by atoms with van der Waals surface area (Å²) in [6, 6.07) is 9.91. The minimum atomic E-state index is 0.232. The van der Waals surface area contributed by atoms with Crippen molar-refractivity contribution in [2.75, 3.05) is 11.6 Å². The maximum absolute atomic E-state index is 5.62. The number of benzene rings is 1. The summed E-state index contributed by atoms with van der Waals surface area (Å²) in [5.41, 5.74) is 6.59. The summed E-state index contributed by atoms with van der Waals surface area (Å²) in [5.74, 6) is 6.51. The Labute approximate surface area is 81.3 Å². The first-order valence-electron chi connectivity index (χ1n) is 4.26. The van der Waals surface area contributed by atoms with E-state index in [1.807, 2.05) is 30.3 Å². The van der Waals surface area contributed by atoms with Crippen LogP contribution in [0.25, 0.3) is 0 Å². The topological polar surface area (TPSA) is 82.8 Å². The molecule has 4 N–H and O–H groups in total. The van der Waals surface area contributed by atoms with Crippen molar-refractivity contribution in [2.24, 2.45) is 0 Å². The molecule has 2 aromatic rings. The lowest BCUT2D eigenvalue weighted by molar-refractivity contribution is 0.879. The minimum Gasteiger partial charge on any atom is -0.366 e. The van der Waals surface area contributed by atoms with Gasteiger partial charge in [-0.1, -0.05) is 30.3 Å². The largest absolute Gasteiger partial charge is 0.366 e. The fraction of sp³-hybridized carbons (Fsp3) is 0.111. The van der Waals surface area contributed by atoms with Crippen molar-refractivity contribution in [1.29, 1.82) is 0 Å². The number of rotatable bonds is 2. The third kappa shape index (κ3) is 1.52. The van der Waals surface area contributed by atoms with E-state index in [0.717, 1.165) is 5.56 Å². The van der Waals surface area contributed by atoms with Gasteiger partial charge in [0.05, 0.1) is 0 Å². The lowest BCUT2D eigenvalue weighted by Gasteiger charge is -2.00. The Morgan fingerprint density at radius 3 is 2.43 bits per heavy atom. The van der Waals surface area contributed by atoms with Crippen molar-refractivity contribution in [1.82, 2.24) is 14.9 Å². The van der Waals surface area contributed by atoms with E-state index in [1.165, 1.54) is 4.68 Å². The number of nitrogens with zero attached hydrogens (tertiary/aromatic N) is 3. The molecule has 0 amide bonds. The zero-order chi connectivity index (χ0) is 9.97. The van der Waals surface area contributed by atoms with Crippen LogP contribution in [0.1, 0.15) is 11.4 Å². The molecule has 2 rings (SSSR count). The molecule has 5 heteroatoms. The molecule has 1 aromatic heterocycles. The summed E-state index contributed by atoms with van der Waals surface area (Å²) in [6.07, 6.45) is 0.640. The third-order valence-electron chi connectivity index (χ3n) is 2.00. The lowest BCUT2D eigenvalue weighted by Crippen LogP contribution is -2.15. The molecule has 72 valence electrons. The van der Waals surface area contributed by atoms with Crippen molar-refractivity contribution in [3.8, 4) is 0 Å². The molecular formula is C9H11N5. The summed E-state index contributed by atoms with van der Waals surface area (Å²) in [7, 11) is 0. The highest BCUT2D eigenvalue weighted by atomic mass is 15.4. The van der Waals surface area contributed by atoms with Crippen LogP contribution >= 0.6 is 0 Å². The average Bonchev–Trinajstić information content (AvgIpc) is 2.52. The first kappa shape index (κ1) is 8.55. The van der Waals surface area contributed by atoms with Gasteiger partial charge in [0.2, 0.25) is 5.95 Å². The molecule has 0 saturated heterocycles. The fourth-order valence-corrected chi connectivity index (χ4v) is 1.24. The number of hydrogen-bond donors (Lipinski definition) is 2. The highest BCUT2D eigenvalue weighted by molar-refractivity contribution is 5.23. The molecule has 0 radical (unpaired) electrons. The van der Waals surface area contributed by atoms with Crippen LogP contribution in [0, 0.1) is 0 Å². The van der Waals surface area contributed by atoms with Gasteiger partial charge in [-0.2, -0.15) is 0 Å². The fourth-order valence-electron chi connectivity index (χ4n) is 1.24. The number of anilines is 1. The normalized spacial score (nSPS) is 10.3. The lowest BCUT2D eigenvalue weighted by atomic mass is 10.1. The molecule has 0 aliphatic heterocycles. The minimum absolute atomic E-state index is 0.232. The van der Waals surface area contributed by atoms with E-state index in [0.29, 0.717) is 12.2 Å². The van der Waals surface area contributed by atoms with Crippen molar-refractivity contribution < 1.29 is 0 Å². The van der Waals surface area contributed by atoms with E-state index in [4.69, 9.17) is 11.6 Å². The zero-order valence-corrected chi connectivity index (χ0v) is 7.59. The van der Waals surface area contributed by atoms with Gasteiger partial charge in [-0.15, -0.1) is 10.2 Å². The van der Waals surface area contributed by atoms with E-state index in [-0.39, 0.29) is 5.95 Å². The van der Waals surface area contributed by atoms with Crippen LogP contribution in [0.15, 0.2) is 30.3 Å². The molecule has 0 unspecified atom stereocenters. The van der Waals surface area contributed by atoms with Crippen molar-refractivity contribution in [2.45, 2.75) is 6.42 Å². The van der Waals surface area contributed by atoms with Gasteiger partial charge in [-0.05, 0) is 5.56 Å². The van der Waals surface area contributed by atoms with Crippen LogP contribution in [0.4, 0.5) is 5.95 Å². The second-order valence-electron chi connectivity index (χ2n) is 3.01. The molecule has 5 nitrogen and oxygen atoms in total. The molecule has 0 atom stereocenters. The molecule has 14 heavy (non-hydrogen) atoms. The Bertz CT molecular complexity index is 420. The second-order valence-corrected chi connectivity index (χ2v) is 3.01. The monoisotopic (exact) mass is 189 g/mol. The van der Waals surface area contributed by atoms with E-state index >= 15 is 0 Å². The van der Waals surface area contributed by atoms with Crippen LogP contribution < -0.4 is 11.6 Å². The highest BCUT2D eigenvalue weighted by Gasteiger charge is 2.06. The van der Waals surface area contributed by atoms with Crippen molar-refractivity contribution >= 4 is 5.95 Å². The molecule has 1 aromatic carbocycles. The first-order chi connectivity index (χ1) is 6.77. The predicted molar refractivity (Wildman–Crippen MR) is 53.8 cm³/mol. The summed E-state index contributed by atoms with van der Waals surface area (Å²) in [4.78, 5) is 0. The van der Waals surface area contributed by atoms with Gasteiger partial charge in [-0.25, -0.2) is 4.68 Å². The Hall–Kier alpha value is -2.04. The van der Waals surface area contributed by atoms with Crippen LogP contribution in [-0.4, -0.2) is 14.9 Å². The SMILES string of the molecule is Nc1nnc(Cc2ccccc2)n1N. The Morgan fingerprint density at radius 1 is 1.14 bits per heavy atom. The van der Waals surface area contributed by atoms with Crippen LogP contribution in [0.3, 0.4) is 0 Å². The maximum Gasteiger partial charge on any atom is 0.240 e. The van der Waals surface area contributed by atoms with Crippen molar-refractivity contribution in [3.63, 3.8) is 0 Å². The van der Waals surface area contributed by atoms with E-state index in [1.54, 1.807) is 0 Å². The van der Waals surface area contributed by atoms with Crippen LogP contribution in [0.5, 0.6) is 0 Å². The number of aromatic nitrogens is 3. The second kappa shape index (κ2) is 3.37. The van der Waals surface area contributed by atoms with Gasteiger partial charge in [0.15, 0.2) is 5.82 Å². The summed E-state index contributed by atoms with van der Waals surface area (Å²) in [6.45, 7) is 0. The molecular weight excluding hydrogens is 178 g/mol. The highest BCUT2D eigenvalue weighted by Crippen LogP contribution is 2.06. The molecule has 0 bridgehead atoms. The average molecular weight is 189 g/mol. The van der Waals surface area contributed by atoms with Crippen LogP contribution in [-0.2, 0) is 6.42 Å². The van der Waals surface area contributed by atoms with Gasteiger partial charge >= 0.3 is 0 Å². The Kier molecular flexibility index (Phi) is 2.06. The van der Waals surface area contributed by atoms with Gasteiger partial charge in [0.1, 0.15) is 0 Å². The van der Waals surface area contributed by atoms with E-state index < -0.39 is 0 Å². The molecule has 0 fully saturated rings. The first-order valence-corrected chi connectivity index (χ1v) is 4.26. The smallest absolute Gasteiger partial charge is 0.240 e. The molecule has 1 heterocycles. The van der Waals surface area contributed by atoms with Gasteiger partial charge in [-0.3, -0.25) is 0 Å².